The summed E-state index contributed by atoms with van der Waals surface area (Å²) in [6, 6.07) is -0.788. The topological polar surface area (TPSA) is 105 Å². The summed E-state index contributed by atoms with van der Waals surface area (Å²) in [5, 5.41) is 18.2. The van der Waals surface area contributed by atoms with Crippen molar-refractivity contribution in [1.82, 2.24) is 0 Å². The van der Waals surface area contributed by atoms with Gasteiger partial charge in [0.25, 0.3) is 0 Å². The third-order valence-electron chi connectivity index (χ3n) is 2.46. The third kappa shape index (κ3) is 2.29. The lowest BCUT2D eigenvalue weighted by atomic mass is 9.93. The van der Waals surface area contributed by atoms with E-state index in [1.807, 2.05) is 0 Å². The van der Waals surface area contributed by atoms with Crippen molar-refractivity contribution >= 4 is 11.7 Å². The number of nitrogens with zero attached hydrogens (tertiary/aromatic N) is 1. The van der Waals surface area contributed by atoms with Gasteiger partial charge in [-0.2, -0.15) is 0 Å². The van der Waals surface area contributed by atoms with Crippen molar-refractivity contribution in [1.29, 1.82) is 0 Å². The SMILES string of the molecule is CC(=O)OC1(N)C(C)=CC(CO)=NC1CO. The molecule has 0 fully saturated rings. The number of nitrogens with two attached hydrogens (primary N) is 1. The number of aliphatic hydroxyl groups excluding tert-OH is 2. The fourth-order valence-electron chi connectivity index (χ4n) is 1.61. The van der Waals surface area contributed by atoms with Crippen molar-refractivity contribution < 1.29 is 19.7 Å². The van der Waals surface area contributed by atoms with E-state index in [0.717, 1.165) is 0 Å². The van der Waals surface area contributed by atoms with Gasteiger partial charge in [-0.05, 0) is 18.6 Å². The van der Waals surface area contributed by atoms with Crippen LogP contribution in [-0.4, -0.2) is 46.9 Å². The highest BCUT2D eigenvalue weighted by molar-refractivity contribution is 5.97. The first-order valence-electron chi connectivity index (χ1n) is 4.89. The molecule has 0 bridgehead atoms. The van der Waals surface area contributed by atoms with E-state index in [0.29, 0.717) is 11.3 Å². The van der Waals surface area contributed by atoms with E-state index in [1.54, 1.807) is 13.0 Å². The van der Waals surface area contributed by atoms with Crippen LogP contribution in [-0.2, 0) is 9.53 Å². The van der Waals surface area contributed by atoms with E-state index < -0.39 is 17.7 Å². The summed E-state index contributed by atoms with van der Waals surface area (Å²) in [6.45, 7) is 2.29. The molecular weight excluding hydrogens is 212 g/mol. The van der Waals surface area contributed by atoms with Crippen LogP contribution in [0.2, 0.25) is 0 Å². The smallest absolute Gasteiger partial charge is 0.304 e. The van der Waals surface area contributed by atoms with Gasteiger partial charge in [-0.15, -0.1) is 0 Å². The maximum absolute atomic E-state index is 11.0. The normalized spacial score (nSPS) is 29.4. The molecule has 1 rings (SSSR count). The molecular formula is C10H16N2O4. The largest absolute Gasteiger partial charge is 0.438 e. The molecule has 2 atom stereocenters. The number of carbonyl (C=O) groups excluding carboxylic acids is 1. The van der Waals surface area contributed by atoms with Crippen LogP contribution in [0.25, 0.3) is 0 Å². The van der Waals surface area contributed by atoms with Gasteiger partial charge in [0.15, 0.2) is 0 Å². The highest BCUT2D eigenvalue weighted by Gasteiger charge is 2.42. The Morgan fingerprint density at radius 3 is 2.75 bits per heavy atom. The molecule has 1 aliphatic heterocycles. The first-order chi connectivity index (χ1) is 7.43. The zero-order chi connectivity index (χ0) is 12.3. The van der Waals surface area contributed by atoms with E-state index in [1.165, 1.54) is 6.92 Å². The van der Waals surface area contributed by atoms with Gasteiger partial charge >= 0.3 is 5.97 Å². The van der Waals surface area contributed by atoms with Crippen LogP contribution in [0.3, 0.4) is 0 Å². The zero-order valence-corrected chi connectivity index (χ0v) is 9.30. The molecule has 0 spiro atoms. The summed E-state index contributed by atoms with van der Waals surface area (Å²) in [7, 11) is 0. The molecule has 90 valence electrons. The van der Waals surface area contributed by atoms with Crippen molar-refractivity contribution in [2.45, 2.75) is 25.6 Å². The Morgan fingerprint density at radius 1 is 1.69 bits per heavy atom. The van der Waals surface area contributed by atoms with Crippen LogP contribution in [0.5, 0.6) is 0 Å². The van der Waals surface area contributed by atoms with E-state index in [2.05, 4.69) is 4.99 Å². The first kappa shape index (κ1) is 12.8. The Bertz CT molecular complexity index is 351. The maximum Gasteiger partial charge on any atom is 0.304 e. The highest BCUT2D eigenvalue weighted by Crippen LogP contribution is 2.26. The van der Waals surface area contributed by atoms with Crippen LogP contribution in [0.1, 0.15) is 13.8 Å². The van der Waals surface area contributed by atoms with Crippen LogP contribution in [0, 0.1) is 0 Å². The number of hydrogen-bond donors (Lipinski definition) is 3. The van der Waals surface area contributed by atoms with Crippen molar-refractivity contribution in [3.05, 3.63) is 11.6 Å². The Labute approximate surface area is 93.4 Å². The van der Waals surface area contributed by atoms with E-state index in [9.17, 15) is 9.90 Å². The van der Waals surface area contributed by atoms with Crippen molar-refractivity contribution in [3.63, 3.8) is 0 Å². The van der Waals surface area contributed by atoms with Crippen molar-refractivity contribution in [2.24, 2.45) is 10.7 Å². The predicted molar refractivity (Wildman–Crippen MR) is 57.8 cm³/mol. The van der Waals surface area contributed by atoms with Crippen LogP contribution in [0.15, 0.2) is 16.6 Å². The molecule has 4 N–H and O–H groups in total. The Kier molecular flexibility index (Phi) is 3.79. The van der Waals surface area contributed by atoms with Gasteiger partial charge in [0, 0.05) is 6.92 Å². The minimum absolute atomic E-state index is 0.246. The number of carbonyl (C=O) groups is 1. The van der Waals surface area contributed by atoms with E-state index >= 15 is 0 Å². The summed E-state index contributed by atoms with van der Waals surface area (Å²) in [5.74, 6) is -0.545. The third-order valence-corrected chi connectivity index (χ3v) is 2.46. The minimum Gasteiger partial charge on any atom is -0.438 e. The van der Waals surface area contributed by atoms with Gasteiger partial charge < -0.3 is 14.9 Å². The number of dihydropyridines is 1. The van der Waals surface area contributed by atoms with Crippen LogP contribution in [0.4, 0.5) is 0 Å². The molecule has 6 nitrogen and oxygen atoms in total. The molecule has 16 heavy (non-hydrogen) atoms. The van der Waals surface area contributed by atoms with Gasteiger partial charge in [-0.25, -0.2) is 0 Å². The van der Waals surface area contributed by atoms with E-state index in [-0.39, 0.29) is 13.2 Å². The average molecular weight is 228 g/mol. The fraction of sp³-hybridized carbons (Fsp3) is 0.600. The zero-order valence-electron chi connectivity index (χ0n) is 9.30. The monoisotopic (exact) mass is 228 g/mol. The van der Waals surface area contributed by atoms with Crippen molar-refractivity contribution in [3.8, 4) is 0 Å². The lowest BCUT2D eigenvalue weighted by Gasteiger charge is -2.36. The second kappa shape index (κ2) is 4.73. The quantitative estimate of drug-likeness (QED) is 0.422. The number of aliphatic hydroxyl groups is 2. The first-order valence-corrected chi connectivity index (χ1v) is 4.89. The molecule has 0 amide bonds. The molecule has 0 aromatic carbocycles. The van der Waals surface area contributed by atoms with E-state index in [4.69, 9.17) is 15.6 Å². The highest BCUT2D eigenvalue weighted by atomic mass is 16.6. The summed E-state index contributed by atoms with van der Waals surface area (Å²) in [6.07, 6.45) is 1.55. The summed E-state index contributed by atoms with van der Waals surface area (Å²) in [4.78, 5) is 15.0. The van der Waals surface area contributed by atoms with Crippen molar-refractivity contribution in [2.75, 3.05) is 13.2 Å². The molecule has 0 saturated heterocycles. The molecule has 0 aromatic heterocycles. The molecule has 1 aliphatic rings. The van der Waals surface area contributed by atoms with Gasteiger partial charge in [-0.3, -0.25) is 15.5 Å². The molecule has 2 unspecified atom stereocenters. The molecule has 0 aliphatic carbocycles. The Balaban J connectivity index is 3.06. The molecule has 1 heterocycles. The van der Waals surface area contributed by atoms with Crippen LogP contribution < -0.4 is 5.73 Å². The number of rotatable bonds is 3. The summed E-state index contributed by atoms with van der Waals surface area (Å²) >= 11 is 0. The fourth-order valence-corrected chi connectivity index (χ4v) is 1.61. The maximum atomic E-state index is 11.0. The Hall–Kier alpha value is -1.24. The van der Waals surface area contributed by atoms with Gasteiger partial charge in [0.2, 0.25) is 5.72 Å². The molecule has 6 heteroatoms. The standard InChI is InChI=1S/C10H16N2O4/c1-6-3-8(4-13)12-9(5-14)10(6,11)16-7(2)15/h3,9,13-14H,4-5,11H2,1-2H3. The lowest BCUT2D eigenvalue weighted by molar-refractivity contribution is -0.155. The number of aliphatic imine (C=N–C) groups is 1. The lowest BCUT2D eigenvalue weighted by Crippen LogP contribution is -2.57. The molecule has 0 saturated carbocycles. The number of hydrogen-bond acceptors (Lipinski definition) is 6. The average Bonchev–Trinajstić information content (AvgIpc) is 2.21. The molecule has 0 aromatic rings. The Morgan fingerprint density at radius 2 is 2.31 bits per heavy atom. The summed E-state index contributed by atoms with van der Waals surface area (Å²) in [5.41, 5.74) is 5.43. The van der Waals surface area contributed by atoms with Gasteiger partial charge in [-0.1, -0.05) is 0 Å². The number of ether oxygens (including phenoxy) is 1. The van der Waals surface area contributed by atoms with Gasteiger partial charge in [0.1, 0.15) is 6.04 Å². The second-order valence-electron chi connectivity index (χ2n) is 3.69. The minimum atomic E-state index is -1.43. The second-order valence-corrected chi connectivity index (χ2v) is 3.69. The van der Waals surface area contributed by atoms with Gasteiger partial charge in [0.05, 0.1) is 18.9 Å². The van der Waals surface area contributed by atoms with Crippen LogP contribution >= 0.6 is 0 Å². The predicted octanol–water partition coefficient (Wildman–Crippen LogP) is -1.04. The molecule has 0 radical (unpaired) electrons. The number of esters is 1. The summed E-state index contributed by atoms with van der Waals surface area (Å²) < 4.78 is 5.01.